The van der Waals surface area contributed by atoms with Crippen LogP contribution in [0.1, 0.15) is 25.3 Å². The van der Waals surface area contributed by atoms with Gasteiger partial charge in [-0.1, -0.05) is 37.6 Å². The molecule has 2 amide bonds. The molecule has 6 heteroatoms. The van der Waals surface area contributed by atoms with Gasteiger partial charge in [0.05, 0.1) is 10.7 Å². The lowest BCUT2D eigenvalue weighted by atomic mass is 10.0. The molecule has 0 heterocycles. The first kappa shape index (κ1) is 14.3. The van der Waals surface area contributed by atoms with E-state index in [0.29, 0.717) is 10.7 Å². The van der Waals surface area contributed by atoms with Crippen molar-refractivity contribution in [1.29, 1.82) is 0 Å². The normalized spacial score (nSPS) is 11.5. The molecule has 1 rings (SSSR count). The molecule has 1 aromatic rings. The number of guanidine groups is 1. The summed E-state index contributed by atoms with van der Waals surface area (Å²) in [7, 11) is 1.49. The summed E-state index contributed by atoms with van der Waals surface area (Å²) >= 11 is 6.08. The van der Waals surface area contributed by atoms with E-state index < -0.39 is 6.03 Å². The number of nitrogens with one attached hydrogen (secondary N) is 2. The number of hydrogen-bond donors (Lipinski definition) is 3. The number of nitrogens with zero attached hydrogens (tertiary/aromatic N) is 1. The van der Waals surface area contributed by atoms with Gasteiger partial charge in [-0.05, 0) is 17.5 Å². The SMILES string of the molecule is CN=C(N)NC(=O)Nc1c(Cl)cccc1C(C)C. The van der Waals surface area contributed by atoms with Crippen LogP contribution in [0, 0.1) is 0 Å². The molecule has 0 radical (unpaired) electrons. The minimum Gasteiger partial charge on any atom is -0.370 e. The molecule has 18 heavy (non-hydrogen) atoms. The highest BCUT2D eigenvalue weighted by molar-refractivity contribution is 6.34. The van der Waals surface area contributed by atoms with E-state index in [9.17, 15) is 4.79 Å². The Morgan fingerprint density at radius 1 is 1.44 bits per heavy atom. The zero-order valence-corrected chi connectivity index (χ0v) is 11.4. The van der Waals surface area contributed by atoms with Gasteiger partial charge in [-0.15, -0.1) is 0 Å². The van der Waals surface area contributed by atoms with Crippen LogP contribution in [0.5, 0.6) is 0 Å². The number of carbonyl (C=O) groups excluding carboxylic acids is 1. The van der Waals surface area contributed by atoms with Gasteiger partial charge in [0.2, 0.25) is 0 Å². The van der Waals surface area contributed by atoms with Crippen LogP contribution in [0.2, 0.25) is 5.02 Å². The molecule has 0 unspecified atom stereocenters. The van der Waals surface area contributed by atoms with Crippen molar-refractivity contribution in [2.45, 2.75) is 19.8 Å². The summed E-state index contributed by atoms with van der Waals surface area (Å²) in [4.78, 5) is 15.3. The van der Waals surface area contributed by atoms with Crippen molar-refractivity contribution >= 4 is 29.3 Å². The predicted octanol–water partition coefficient (Wildman–Crippen LogP) is 2.53. The summed E-state index contributed by atoms with van der Waals surface area (Å²) in [6.45, 7) is 4.05. The third kappa shape index (κ3) is 3.63. The molecule has 0 aliphatic rings. The first-order valence-electron chi connectivity index (χ1n) is 5.54. The Morgan fingerprint density at radius 2 is 2.11 bits per heavy atom. The van der Waals surface area contributed by atoms with E-state index in [1.807, 2.05) is 26.0 Å². The molecule has 0 fully saturated rings. The molecule has 0 aromatic heterocycles. The van der Waals surface area contributed by atoms with Crippen molar-refractivity contribution in [2.75, 3.05) is 12.4 Å². The largest absolute Gasteiger partial charge is 0.370 e. The molecule has 0 atom stereocenters. The minimum absolute atomic E-state index is 0.0469. The van der Waals surface area contributed by atoms with Gasteiger partial charge in [0.15, 0.2) is 5.96 Å². The fraction of sp³-hybridized carbons (Fsp3) is 0.333. The van der Waals surface area contributed by atoms with Crippen molar-refractivity contribution in [3.63, 3.8) is 0 Å². The van der Waals surface area contributed by atoms with E-state index in [1.54, 1.807) is 6.07 Å². The molecule has 1 aromatic carbocycles. The van der Waals surface area contributed by atoms with Gasteiger partial charge in [-0.2, -0.15) is 0 Å². The molecule has 0 saturated carbocycles. The van der Waals surface area contributed by atoms with Crippen LogP contribution in [0.25, 0.3) is 0 Å². The van der Waals surface area contributed by atoms with Crippen LogP contribution >= 0.6 is 11.6 Å². The van der Waals surface area contributed by atoms with Crippen LogP contribution in [-0.2, 0) is 0 Å². The average Bonchev–Trinajstić information content (AvgIpc) is 2.31. The van der Waals surface area contributed by atoms with Gasteiger partial charge in [0.25, 0.3) is 0 Å². The van der Waals surface area contributed by atoms with Crippen molar-refractivity contribution in [3.05, 3.63) is 28.8 Å². The quantitative estimate of drug-likeness (QED) is 0.569. The highest BCUT2D eigenvalue weighted by Crippen LogP contribution is 2.30. The summed E-state index contributed by atoms with van der Waals surface area (Å²) in [6, 6.07) is 5.03. The van der Waals surface area contributed by atoms with Gasteiger partial charge < -0.3 is 11.1 Å². The summed E-state index contributed by atoms with van der Waals surface area (Å²) < 4.78 is 0. The molecule has 0 aliphatic heterocycles. The molecular weight excluding hydrogens is 252 g/mol. The number of carbonyl (C=O) groups is 1. The Bertz CT molecular complexity index is 471. The Hall–Kier alpha value is -1.75. The maximum atomic E-state index is 11.7. The van der Waals surface area contributed by atoms with Crippen LogP contribution in [0.4, 0.5) is 10.5 Å². The molecule has 5 nitrogen and oxygen atoms in total. The van der Waals surface area contributed by atoms with Gasteiger partial charge >= 0.3 is 6.03 Å². The lowest BCUT2D eigenvalue weighted by Gasteiger charge is -2.15. The Kier molecular flexibility index (Phi) is 4.97. The monoisotopic (exact) mass is 268 g/mol. The van der Waals surface area contributed by atoms with Crippen molar-refractivity contribution in [1.82, 2.24) is 5.32 Å². The van der Waals surface area contributed by atoms with Crippen LogP contribution in [-0.4, -0.2) is 19.0 Å². The standard InChI is InChI=1S/C12H17ClN4O/c1-7(2)8-5-4-6-9(13)10(8)16-12(18)17-11(14)15-3/h4-7H,1-3H3,(H4,14,15,16,17,18). The summed E-state index contributed by atoms with van der Waals surface area (Å²) in [5, 5.41) is 5.56. The fourth-order valence-corrected chi connectivity index (χ4v) is 1.70. The summed E-state index contributed by atoms with van der Waals surface area (Å²) in [6.07, 6.45) is 0. The third-order valence-electron chi connectivity index (χ3n) is 2.39. The fourth-order valence-electron chi connectivity index (χ4n) is 1.47. The summed E-state index contributed by atoms with van der Waals surface area (Å²) in [5.74, 6) is 0.293. The maximum absolute atomic E-state index is 11.7. The van der Waals surface area contributed by atoms with Crippen molar-refractivity contribution < 1.29 is 4.79 Å². The topological polar surface area (TPSA) is 79.5 Å². The molecule has 98 valence electrons. The maximum Gasteiger partial charge on any atom is 0.326 e. The molecule has 4 N–H and O–H groups in total. The van der Waals surface area contributed by atoms with Crippen LogP contribution in [0.3, 0.4) is 0 Å². The lowest BCUT2D eigenvalue weighted by Crippen LogP contribution is -2.39. The van der Waals surface area contributed by atoms with Gasteiger partial charge in [-0.3, -0.25) is 10.3 Å². The third-order valence-corrected chi connectivity index (χ3v) is 2.70. The van der Waals surface area contributed by atoms with Crippen molar-refractivity contribution in [2.24, 2.45) is 10.7 Å². The number of benzene rings is 1. The number of urea groups is 1. The molecule has 0 saturated heterocycles. The van der Waals surface area contributed by atoms with Crippen LogP contribution in [0.15, 0.2) is 23.2 Å². The highest BCUT2D eigenvalue weighted by Gasteiger charge is 2.13. The van der Waals surface area contributed by atoms with Crippen LogP contribution < -0.4 is 16.4 Å². The molecule has 0 bridgehead atoms. The zero-order valence-electron chi connectivity index (χ0n) is 10.6. The number of rotatable bonds is 2. The predicted molar refractivity (Wildman–Crippen MR) is 75.2 cm³/mol. The van der Waals surface area contributed by atoms with E-state index in [-0.39, 0.29) is 11.9 Å². The number of nitrogens with two attached hydrogens (primary N) is 1. The Balaban J connectivity index is 2.93. The van der Waals surface area contributed by atoms with E-state index in [1.165, 1.54) is 7.05 Å². The number of hydrogen-bond acceptors (Lipinski definition) is 2. The minimum atomic E-state index is -0.465. The van der Waals surface area contributed by atoms with E-state index in [0.717, 1.165) is 5.56 Å². The Morgan fingerprint density at radius 3 is 2.67 bits per heavy atom. The number of para-hydroxylation sites is 1. The molecule has 0 aliphatic carbocycles. The van der Waals surface area contributed by atoms with Gasteiger partial charge in [-0.25, -0.2) is 4.79 Å². The number of amides is 2. The first-order chi connectivity index (χ1) is 8.45. The highest BCUT2D eigenvalue weighted by atomic mass is 35.5. The molecular formula is C12H17ClN4O. The second kappa shape index (κ2) is 6.26. The zero-order chi connectivity index (χ0) is 13.7. The number of halogens is 1. The van der Waals surface area contributed by atoms with E-state index in [2.05, 4.69) is 15.6 Å². The second-order valence-corrected chi connectivity index (χ2v) is 4.45. The molecule has 0 spiro atoms. The summed E-state index contributed by atoms with van der Waals surface area (Å²) in [5.41, 5.74) is 6.96. The van der Waals surface area contributed by atoms with E-state index in [4.69, 9.17) is 17.3 Å². The first-order valence-corrected chi connectivity index (χ1v) is 5.92. The number of aliphatic imine (C=N–C) groups is 1. The lowest BCUT2D eigenvalue weighted by molar-refractivity contribution is 0.256. The average molecular weight is 269 g/mol. The second-order valence-electron chi connectivity index (χ2n) is 4.05. The number of anilines is 1. The van der Waals surface area contributed by atoms with Crippen molar-refractivity contribution in [3.8, 4) is 0 Å². The Labute approximate surface area is 111 Å². The van der Waals surface area contributed by atoms with E-state index >= 15 is 0 Å². The van der Waals surface area contributed by atoms with Gasteiger partial charge in [0, 0.05) is 7.05 Å². The van der Waals surface area contributed by atoms with Gasteiger partial charge in [0.1, 0.15) is 0 Å². The smallest absolute Gasteiger partial charge is 0.326 e.